The Morgan fingerprint density at radius 2 is 0.695 bits per heavy atom. The lowest BCUT2D eigenvalue weighted by atomic mass is 9.86. The van der Waals surface area contributed by atoms with E-state index in [1.807, 2.05) is 37.3 Å². The van der Waals surface area contributed by atoms with E-state index in [2.05, 4.69) is 219 Å². The van der Waals surface area contributed by atoms with E-state index in [-0.39, 0.29) is 21.7 Å². The molecular weight excluding hydrogens is 827 g/mol. The normalized spacial score (nSPS) is 11.8. The first kappa shape index (κ1) is 47.7. The van der Waals surface area contributed by atoms with Gasteiger partial charge in [0.15, 0.2) is 0 Å². The van der Waals surface area contributed by atoms with E-state index in [0.29, 0.717) is 0 Å². The van der Waals surface area contributed by atoms with E-state index < -0.39 is 0 Å². The van der Waals surface area contributed by atoms with Crippen LogP contribution in [0.3, 0.4) is 0 Å². The molecular formula is C54H65BrCl2N2. The molecule has 6 rings (SSSR count). The number of hydrogen-bond donors (Lipinski definition) is 1. The second-order valence-corrected chi connectivity index (χ2v) is 21.4. The van der Waals surface area contributed by atoms with Gasteiger partial charge in [-0.1, -0.05) is 171 Å². The van der Waals surface area contributed by atoms with Gasteiger partial charge in [-0.25, -0.2) is 0 Å². The highest BCUT2D eigenvalue weighted by Crippen LogP contribution is 2.38. The number of halogens is 3. The van der Waals surface area contributed by atoms with Crippen LogP contribution in [0.4, 0.5) is 28.4 Å². The number of nitrogens with zero attached hydrogens (tertiary/aromatic N) is 1. The fourth-order valence-electron chi connectivity index (χ4n) is 6.48. The largest absolute Gasteiger partial charge is 0.356 e. The predicted molar refractivity (Wildman–Crippen MR) is 266 cm³/mol. The minimum absolute atomic E-state index is 0.129. The van der Waals surface area contributed by atoms with Crippen molar-refractivity contribution in [3.8, 4) is 0 Å². The predicted octanol–water partition coefficient (Wildman–Crippen LogP) is 18.1. The first-order valence-corrected chi connectivity index (χ1v) is 22.0. The summed E-state index contributed by atoms with van der Waals surface area (Å²) in [4.78, 5) is 2.28. The third kappa shape index (κ3) is 14.6. The molecule has 6 aromatic carbocycles. The summed E-state index contributed by atoms with van der Waals surface area (Å²) in [5, 5.41) is 4.99. The Bertz CT molecular complexity index is 2060. The van der Waals surface area contributed by atoms with E-state index in [4.69, 9.17) is 23.2 Å². The molecule has 0 bridgehead atoms. The number of anilines is 5. The SMILES string of the molecule is CC(C)(C)c1ccc(Nc2ccc(C(C)(C)C)cc2)cc1.Cc1cc(Cl)cc(Br)c1.Cc1cc(Cl)cc(N(c2ccc(C(C)(C)C)cc2)c2ccc(C(C)(C)C)cc2)c1. The molecule has 0 unspecified atom stereocenters. The van der Waals surface area contributed by atoms with Crippen molar-refractivity contribution >= 4 is 67.6 Å². The first-order valence-electron chi connectivity index (χ1n) is 20.5. The van der Waals surface area contributed by atoms with Gasteiger partial charge in [0, 0.05) is 43.0 Å². The van der Waals surface area contributed by atoms with Crippen molar-refractivity contribution in [2.24, 2.45) is 0 Å². The van der Waals surface area contributed by atoms with Gasteiger partial charge < -0.3 is 10.2 Å². The molecule has 0 atom stereocenters. The molecule has 0 aromatic heterocycles. The molecule has 59 heavy (non-hydrogen) atoms. The van der Waals surface area contributed by atoms with Crippen LogP contribution in [-0.4, -0.2) is 0 Å². The summed E-state index contributed by atoms with van der Waals surface area (Å²) in [7, 11) is 0. The van der Waals surface area contributed by atoms with Gasteiger partial charge in [0.2, 0.25) is 0 Å². The summed E-state index contributed by atoms with van der Waals surface area (Å²) in [6.07, 6.45) is 0. The van der Waals surface area contributed by atoms with Crippen molar-refractivity contribution in [1.82, 2.24) is 0 Å². The lowest BCUT2D eigenvalue weighted by molar-refractivity contribution is 0.590. The maximum Gasteiger partial charge on any atom is 0.0479 e. The fourth-order valence-corrected chi connectivity index (χ4v) is 7.79. The molecule has 1 N–H and O–H groups in total. The lowest BCUT2D eigenvalue weighted by Crippen LogP contribution is -2.14. The quantitative estimate of drug-likeness (QED) is 0.186. The van der Waals surface area contributed by atoms with Gasteiger partial charge in [-0.3, -0.25) is 0 Å². The van der Waals surface area contributed by atoms with Crippen LogP contribution in [0.25, 0.3) is 0 Å². The number of benzene rings is 6. The highest BCUT2D eigenvalue weighted by Gasteiger charge is 2.19. The zero-order valence-electron chi connectivity index (χ0n) is 37.8. The van der Waals surface area contributed by atoms with Gasteiger partial charge in [-0.2, -0.15) is 0 Å². The molecule has 0 fully saturated rings. The highest BCUT2D eigenvalue weighted by molar-refractivity contribution is 9.10. The Morgan fingerprint density at radius 1 is 0.390 bits per heavy atom. The summed E-state index contributed by atoms with van der Waals surface area (Å²) < 4.78 is 1.03. The van der Waals surface area contributed by atoms with Crippen LogP contribution in [0.5, 0.6) is 0 Å². The molecule has 0 spiro atoms. The minimum Gasteiger partial charge on any atom is -0.356 e. The maximum absolute atomic E-state index is 6.41. The van der Waals surface area contributed by atoms with Crippen molar-refractivity contribution in [2.75, 3.05) is 10.2 Å². The van der Waals surface area contributed by atoms with E-state index in [9.17, 15) is 0 Å². The van der Waals surface area contributed by atoms with E-state index in [0.717, 1.165) is 48.5 Å². The number of hydrogen-bond acceptors (Lipinski definition) is 2. The smallest absolute Gasteiger partial charge is 0.0479 e. The average molecular weight is 893 g/mol. The van der Waals surface area contributed by atoms with Crippen molar-refractivity contribution in [3.05, 3.63) is 181 Å². The molecule has 0 radical (unpaired) electrons. The molecule has 0 heterocycles. The van der Waals surface area contributed by atoms with Crippen molar-refractivity contribution < 1.29 is 0 Å². The lowest BCUT2D eigenvalue weighted by Gasteiger charge is -2.28. The van der Waals surface area contributed by atoms with Gasteiger partial charge in [0.1, 0.15) is 0 Å². The minimum atomic E-state index is 0.129. The second kappa shape index (κ2) is 19.6. The van der Waals surface area contributed by atoms with Crippen LogP contribution < -0.4 is 10.2 Å². The maximum atomic E-state index is 6.41. The van der Waals surface area contributed by atoms with Crippen LogP contribution in [0.15, 0.2) is 138 Å². The van der Waals surface area contributed by atoms with Crippen LogP contribution in [0, 0.1) is 13.8 Å². The zero-order chi connectivity index (χ0) is 43.9. The first-order chi connectivity index (χ1) is 27.3. The molecule has 5 heteroatoms. The molecule has 2 nitrogen and oxygen atoms in total. The number of rotatable bonds is 5. The average Bonchev–Trinajstić information content (AvgIpc) is 3.11. The molecule has 312 valence electrons. The summed E-state index contributed by atoms with van der Waals surface area (Å²) in [5.74, 6) is 0. The van der Waals surface area contributed by atoms with Gasteiger partial charge in [-0.05, 0) is 154 Å². The monoisotopic (exact) mass is 890 g/mol. The Kier molecular flexibility index (Phi) is 15.8. The van der Waals surface area contributed by atoms with Crippen LogP contribution in [0.2, 0.25) is 10.0 Å². The molecule has 0 aliphatic rings. The molecule has 0 aliphatic heterocycles. The van der Waals surface area contributed by atoms with Gasteiger partial charge >= 0.3 is 0 Å². The summed E-state index contributed by atoms with van der Waals surface area (Å²) in [6, 6.07) is 47.1. The van der Waals surface area contributed by atoms with E-state index >= 15 is 0 Å². The van der Waals surface area contributed by atoms with E-state index in [1.54, 1.807) is 0 Å². The summed E-state index contributed by atoms with van der Waals surface area (Å²) >= 11 is 15.5. The Balaban J connectivity index is 0.000000222. The van der Waals surface area contributed by atoms with Crippen molar-refractivity contribution in [3.63, 3.8) is 0 Å². The standard InChI is InChI=1S/C27H32ClN.C20H27N.C7H6BrCl/c1-19-16-22(28)18-25(17-19)29(23-12-8-20(9-13-23)26(2,3)4)24-14-10-21(11-15-24)27(5,6)7;1-19(2,3)15-7-11-17(12-8-15)21-18-13-9-16(10-14-18)20(4,5)6;1-5-2-6(8)4-7(9)3-5/h8-18H,1-7H3;7-14,21H,1-6H3;2-4H,1H3. The van der Waals surface area contributed by atoms with Crippen LogP contribution >= 0.6 is 39.1 Å². The Hall–Kier alpha value is -4.02. The summed E-state index contributed by atoms with van der Waals surface area (Å²) in [6.45, 7) is 31.0. The topological polar surface area (TPSA) is 15.3 Å². The number of nitrogens with one attached hydrogen (secondary N) is 1. The molecule has 0 amide bonds. The summed E-state index contributed by atoms with van der Waals surface area (Å²) in [5.41, 5.74) is 13.9. The second-order valence-electron chi connectivity index (χ2n) is 19.6. The third-order valence-electron chi connectivity index (χ3n) is 10.1. The number of aryl methyl sites for hydroxylation is 2. The van der Waals surface area contributed by atoms with E-state index in [1.165, 1.54) is 27.8 Å². The molecule has 6 aromatic rings. The Labute approximate surface area is 375 Å². The molecule has 0 aliphatic carbocycles. The van der Waals surface area contributed by atoms with Crippen LogP contribution in [-0.2, 0) is 21.7 Å². The zero-order valence-corrected chi connectivity index (χ0v) is 40.9. The van der Waals surface area contributed by atoms with Gasteiger partial charge in [-0.15, -0.1) is 0 Å². The Morgan fingerprint density at radius 3 is 0.983 bits per heavy atom. The third-order valence-corrected chi connectivity index (χ3v) is 11.0. The molecule has 0 saturated heterocycles. The highest BCUT2D eigenvalue weighted by atomic mass is 79.9. The van der Waals surface area contributed by atoms with Gasteiger partial charge in [0.05, 0.1) is 0 Å². The van der Waals surface area contributed by atoms with Crippen molar-refractivity contribution in [1.29, 1.82) is 0 Å². The fraction of sp³-hybridized carbons (Fsp3) is 0.333. The van der Waals surface area contributed by atoms with Crippen molar-refractivity contribution in [2.45, 2.75) is 119 Å². The molecule has 0 saturated carbocycles. The van der Waals surface area contributed by atoms with Gasteiger partial charge in [0.25, 0.3) is 0 Å². The van der Waals surface area contributed by atoms with Crippen LogP contribution in [0.1, 0.15) is 116 Å².